The molecule has 0 N–H and O–H groups in total. The van der Waals surface area contributed by atoms with Crippen molar-refractivity contribution >= 4 is 0 Å². The van der Waals surface area contributed by atoms with E-state index in [1.807, 2.05) is 0 Å². The molecule has 0 heteroatoms. The fourth-order valence-corrected chi connectivity index (χ4v) is 1.28. The Morgan fingerprint density at radius 2 is 2.30 bits per heavy atom. The summed E-state index contributed by atoms with van der Waals surface area (Å²) in [6, 6.07) is 0. The molecule has 0 bridgehead atoms. The maximum absolute atomic E-state index is 3.37. The third-order valence-corrected chi connectivity index (χ3v) is 1.87. The summed E-state index contributed by atoms with van der Waals surface area (Å²) in [6.07, 6.45) is 10.4. The van der Waals surface area contributed by atoms with Gasteiger partial charge in [-0.05, 0) is 30.9 Å². The summed E-state index contributed by atoms with van der Waals surface area (Å²) in [5, 5.41) is 0. The molecule has 0 saturated carbocycles. The van der Waals surface area contributed by atoms with E-state index in [0.717, 1.165) is 12.8 Å². The van der Waals surface area contributed by atoms with Gasteiger partial charge < -0.3 is 0 Å². The Labute approximate surface area is 63.6 Å². The van der Waals surface area contributed by atoms with Crippen LogP contribution in [0.15, 0.2) is 17.2 Å². The molecule has 1 rings (SSSR count). The fourth-order valence-electron chi connectivity index (χ4n) is 1.28. The molecule has 0 aliphatic heterocycles. The minimum absolute atomic E-state index is 1.09. The predicted molar refractivity (Wildman–Crippen MR) is 44.7 cm³/mol. The van der Waals surface area contributed by atoms with Gasteiger partial charge in [0.25, 0.3) is 0 Å². The highest BCUT2D eigenvalue weighted by atomic mass is 14.1. The molecule has 0 fully saturated rings. The molecule has 1 radical (unpaired) electrons. The molecule has 10 heavy (non-hydrogen) atoms. The Balaban J connectivity index is 2.41. The largest absolute Gasteiger partial charge is 0.0655 e. The molecule has 0 atom stereocenters. The lowest BCUT2D eigenvalue weighted by Crippen LogP contribution is -1.74. The summed E-state index contributed by atoms with van der Waals surface area (Å²) in [7, 11) is 0. The molecule has 1 aliphatic rings. The first kappa shape index (κ1) is 7.59. The zero-order valence-electron chi connectivity index (χ0n) is 6.91. The Morgan fingerprint density at radius 3 is 2.80 bits per heavy atom. The van der Waals surface area contributed by atoms with Gasteiger partial charge in [0.15, 0.2) is 0 Å². The third kappa shape index (κ3) is 1.73. The van der Waals surface area contributed by atoms with Crippen LogP contribution in [0.3, 0.4) is 0 Å². The summed E-state index contributed by atoms with van der Waals surface area (Å²) in [5.41, 5.74) is 2.97. The fraction of sp³-hybridized carbons (Fsp3) is 0.600. The van der Waals surface area contributed by atoms with Crippen LogP contribution in [0.5, 0.6) is 0 Å². The van der Waals surface area contributed by atoms with Crippen LogP contribution in [0.25, 0.3) is 0 Å². The minimum atomic E-state index is 1.09. The highest BCUT2D eigenvalue weighted by Gasteiger charge is 2.03. The molecule has 1 aliphatic carbocycles. The molecule has 0 heterocycles. The highest BCUT2D eigenvalue weighted by molar-refractivity contribution is 5.28. The summed E-state index contributed by atoms with van der Waals surface area (Å²) in [5.74, 6) is 0. The zero-order chi connectivity index (χ0) is 7.40. The molecule has 0 aromatic carbocycles. The van der Waals surface area contributed by atoms with E-state index >= 15 is 0 Å². The lowest BCUT2D eigenvalue weighted by Gasteiger charge is -1.94. The Bertz CT molecular complexity index is 161. The average Bonchev–Trinajstić information content (AvgIpc) is 2.37. The molecule has 0 unspecified atom stereocenters. The predicted octanol–water partition coefficient (Wildman–Crippen LogP) is 3.26. The van der Waals surface area contributed by atoms with Crippen molar-refractivity contribution in [3.05, 3.63) is 23.3 Å². The van der Waals surface area contributed by atoms with E-state index in [1.54, 1.807) is 5.57 Å². The summed E-state index contributed by atoms with van der Waals surface area (Å²) < 4.78 is 0. The molecule has 0 nitrogen and oxygen atoms in total. The highest BCUT2D eigenvalue weighted by Crippen LogP contribution is 2.21. The van der Waals surface area contributed by atoms with Crippen molar-refractivity contribution in [2.45, 2.75) is 39.5 Å². The van der Waals surface area contributed by atoms with Crippen molar-refractivity contribution < 1.29 is 0 Å². The standard InChI is InChI=1S/C10H15/c1-3-5-10-7-6-9(4-2)8-10/h8H,3-5,7H2,1-2H3. The van der Waals surface area contributed by atoms with Gasteiger partial charge in [-0.1, -0.05) is 31.9 Å². The van der Waals surface area contributed by atoms with Crippen molar-refractivity contribution in [1.82, 2.24) is 0 Å². The molecule has 0 aromatic rings. The van der Waals surface area contributed by atoms with Crippen molar-refractivity contribution in [1.29, 1.82) is 0 Å². The summed E-state index contributed by atoms with van der Waals surface area (Å²) in [6.45, 7) is 4.42. The molecular weight excluding hydrogens is 120 g/mol. The van der Waals surface area contributed by atoms with Gasteiger partial charge in [-0.25, -0.2) is 0 Å². The molecule has 55 valence electrons. The van der Waals surface area contributed by atoms with Crippen LogP contribution >= 0.6 is 0 Å². The smallest absolute Gasteiger partial charge is 0.00582 e. The quantitative estimate of drug-likeness (QED) is 0.557. The van der Waals surface area contributed by atoms with Crippen LogP contribution < -0.4 is 0 Å². The van der Waals surface area contributed by atoms with E-state index in [0.29, 0.717) is 0 Å². The van der Waals surface area contributed by atoms with Crippen LogP contribution in [-0.4, -0.2) is 0 Å². The van der Waals surface area contributed by atoms with Gasteiger partial charge in [-0.2, -0.15) is 0 Å². The van der Waals surface area contributed by atoms with Gasteiger partial charge in [0.05, 0.1) is 0 Å². The first-order valence-corrected chi connectivity index (χ1v) is 4.16. The molecule has 0 aromatic heterocycles. The molecule has 0 saturated heterocycles. The first-order chi connectivity index (χ1) is 4.86. The summed E-state index contributed by atoms with van der Waals surface area (Å²) >= 11 is 0. The van der Waals surface area contributed by atoms with Crippen molar-refractivity contribution in [3.63, 3.8) is 0 Å². The second kappa shape index (κ2) is 3.60. The van der Waals surface area contributed by atoms with Crippen LogP contribution in [0.2, 0.25) is 0 Å². The Morgan fingerprint density at radius 1 is 1.50 bits per heavy atom. The second-order valence-corrected chi connectivity index (χ2v) is 2.78. The number of rotatable bonds is 3. The Hall–Kier alpha value is -0.520. The number of hydrogen-bond acceptors (Lipinski definition) is 0. The van der Waals surface area contributed by atoms with E-state index in [1.165, 1.54) is 18.4 Å². The maximum Gasteiger partial charge on any atom is -0.00582 e. The zero-order valence-corrected chi connectivity index (χ0v) is 6.91. The number of allylic oxidation sites excluding steroid dienone is 4. The topological polar surface area (TPSA) is 0 Å². The lowest BCUT2D eigenvalue weighted by molar-refractivity contribution is 0.884. The maximum atomic E-state index is 3.37. The van der Waals surface area contributed by atoms with Crippen LogP contribution in [-0.2, 0) is 0 Å². The van der Waals surface area contributed by atoms with Gasteiger partial charge in [0.2, 0.25) is 0 Å². The van der Waals surface area contributed by atoms with Gasteiger partial charge >= 0.3 is 0 Å². The summed E-state index contributed by atoms with van der Waals surface area (Å²) in [4.78, 5) is 0. The van der Waals surface area contributed by atoms with Crippen molar-refractivity contribution in [3.8, 4) is 0 Å². The molecule has 0 spiro atoms. The molecular formula is C10H15. The van der Waals surface area contributed by atoms with E-state index < -0.39 is 0 Å². The van der Waals surface area contributed by atoms with Gasteiger partial charge in [0.1, 0.15) is 0 Å². The van der Waals surface area contributed by atoms with E-state index in [9.17, 15) is 0 Å². The van der Waals surface area contributed by atoms with Crippen LogP contribution in [0, 0.1) is 6.08 Å². The van der Waals surface area contributed by atoms with Crippen LogP contribution in [0.1, 0.15) is 39.5 Å². The monoisotopic (exact) mass is 135 g/mol. The normalized spacial score (nSPS) is 17.0. The third-order valence-electron chi connectivity index (χ3n) is 1.87. The average molecular weight is 135 g/mol. The lowest BCUT2D eigenvalue weighted by atomic mass is 10.1. The van der Waals surface area contributed by atoms with Crippen LogP contribution in [0.4, 0.5) is 0 Å². The second-order valence-electron chi connectivity index (χ2n) is 2.78. The van der Waals surface area contributed by atoms with E-state index in [-0.39, 0.29) is 0 Å². The van der Waals surface area contributed by atoms with Gasteiger partial charge in [-0.15, -0.1) is 0 Å². The van der Waals surface area contributed by atoms with E-state index in [2.05, 4.69) is 26.0 Å². The van der Waals surface area contributed by atoms with Crippen molar-refractivity contribution in [2.75, 3.05) is 0 Å². The van der Waals surface area contributed by atoms with Gasteiger partial charge in [-0.3, -0.25) is 0 Å². The van der Waals surface area contributed by atoms with E-state index in [4.69, 9.17) is 0 Å². The Kier molecular flexibility index (Phi) is 2.73. The van der Waals surface area contributed by atoms with Crippen molar-refractivity contribution in [2.24, 2.45) is 0 Å². The van der Waals surface area contributed by atoms with Gasteiger partial charge in [0, 0.05) is 0 Å². The SMILES string of the molecule is CCCC1=CC(CC)=[C]C1. The first-order valence-electron chi connectivity index (χ1n) is 4.16. The molecule has 0 amide bonds. The number of hydrogen-bond donors (Lipinski definition) is 0. The minimum Gasteiger partial charge on any atom is -0.0655 e.